The molecular weight excluding hydrogens is 382 g/mol. The third-order valence-electron chi connectivity index (χ3n) is 5.22. The van der Waals surface area contributed by atoms with E-state index in [1.807, 2.05) is 48.5 Å². The van der Waals surface area contributed by atoms with Gasteiger partial charge in [0.05, 0.1) is 24.4 Å². The number of para-hydroxylation sites is 1. The molecule has 2 aromatic heterocycles. The lowest BCUT2D eigenvalue weighted by molar-refractivity contribution is -0.130. The number of ketones is 1. The number of carbonyl (C=O) groups is 2. The van der Waals surface area contributed by atoms with Crippen molar-refractivity contribution in [2.45, 2.75) is 12.6 Å². The number of Topliss-reactive ketones (excluding diaryl/α,β-unsaturated/α-hetero) is 1. The molecule has 6 heteroatoms. The van der Waals surface area contributed by atoms with E-state index >= 15 is 0 Å². The summed E-state index contributed by atoms with van der Waals surface area (Å²) < 4.78 is 11.1. The molecule has 2 aromatic carbocycles. The highest BCUT2D eigenvalue weighted by atomic mass is 16.3. The lowest BCUT2D eigenvalue weighted by Gasteiger charge is -2.25. The molecule has 0 saturated heterocycles. The fourth-order valence-corrected chi connectivity index (χ4v) is 3.83. The molecule has 0 spiro atoms. The molecule has 1 aliphatic heterocycles. The average Bonchev–Trinajstić information content (AvgIpc) is 3.49. The number of benzene rings is 2. The Morgan fingerprint density at radius 1 is 1.00 bits per heavy atom. The zero-order chi connectivity index (χ0) is 20.7. The summed E-state index contributed by atoms with van der Waals surface area (Å²) in [6.07, 6.45) is 1.52. The minimum absolute atomic E-state index is 0.00295. The van der Waals surface area contributed by atoms with Crippen molar-refractivity contribution in [3.8, 4) is 0 Å². The third kappa shape index (κ3) is 2.90. The van der Waals surface area contributed by atoms with Gasteiger partial charge in [0.15, 0.2) is 11.5 Å². The summed E-state index contributed by atoms with van der Waals surface area (Å²) >= 11 is 0. The largest absolute Gasteiger partial charge is 0.503 e. The van der Waals surface area contributed by atoms with Crippen LogP contribution in [0.4, 0.5) is 0 Å². The Kier molecular flexibility index (Phi) is 4.25. The van der Waals surface area contributed by atoms with Crippen molar-refractivity contribution < 1.29 is 23.5 Å². The van der Waals surface area contributed by atoms with Crippen LogP contribution in [0.5, 0.6) is 0 Å². The van der Waals surface area contributed by atoms with E-state index in [2.05, 4.69) is 0 Å². The zero-order valence-corrected chi connectivity index (χ0v) is 15.8. The Balaban J connectivity index is 1.60. The highest BCUT2D eigenvalue weighted by molar-refractivity contribution is 6.15. The smallest absolute Gasteiger partial charge is 0.290 e. The van der Waals surface area contributed by atoms with E-state index in [1.54, 1.807) is 24.3 Å². The van der Waals surface area contributed by atoms with Gasteiger partial charge in [0.25, 0.3) is 5.91 Å². The fraction of sp³-hybridized carbons (Fsp3) is 0.0833. The number of amides is 1. The molecule has 0 fully saturated rings. The van der Waals surface area contributed by atoms with Crippen molar-refractivity contribution in [1.82, 2.24) is 4.90 Å². The third-order valence-corrected chi connectivity index (χ3v) is 5.22. The molecule has 5 rings (SSSR count). The van der Waals surface area contributed by atoms with E-state index in [0.717, 1.165) is 5.39 Å². The van der Waals surface area contributed by atoms with E-state index in [1.165, 1.54) is 11.2 Å². The highest BCUT2D eigenvalue weighted by Gasteiger charge is 2.44. The summed E-state index contributed by atoms with van der Waals surface area (Å²) in [5, 5.41) is 11.5. The van der Waals surface area contributed by atoms with Crippen LogP contribution in [0.25, 0.3) is 11.0 Å². The van der Waals surface area contributed by atoms with Gasteiger partial charge in [0.1, 0.15) is 11.3 Å². The van der Waals surface area contributed by atoms with Crippen LogP contribution < -0.4 is 0 Å². The first kappa shape index (κ1) is 18.0. The van der Waals surface area contributed by atoms with Crippen molar-refractivity contribution in [3.63, 3.8) is 0 Å². The molecule has 1 amide bonds. The van der Waals surface area contributed by atoms with Crippen LogP contribution in [0.3, 0.4) is 0 Å². The Bertz CT molecular complexity index is 1230. The van der Waals surface area contributed by atoms with E-state index < -0.39 is 23.5 Å². The number of nitrogens with zero attached hydrogens (tertiary/aromatic N) is 1. The predicted octanol–water partition coefficient (Wildman–Crippen LogP) is 4.80. The van der Waals surface area contributed by atoms with Crippen molar-refractivity contribution >= 4 is 22.7 Å². The SMILES string of the molecule is O=C(C1=C(O)C(=O)N(Cc2ccco2)C1c1ccccc1)c1cc2ccccc2o1. The van der Waals surface area contributed by atoms with Crippen molar-refractivity contribution in [1.29, 1.82) is 0 Å². The normalized spacial score (nSPS) is 16.6. The second kappa shape index (κ2) is 7.08. The molecule has 1 N–H and O–H groups in total. The Morgan fingerprint density at radius 3 is 2.50 bits per heavy atom. The molecule has 6 nitrogen and oxygen atoms in total. The fourth-order valence-electron chi connectivity index (χ4n) is 3.83. The monoisotopic (exact) mass is 399 g/mol. The molecule has 3 heterocycles. The number of rotatable bonds is 5. The number of fused-ring (bicyclic) bond motifs is 1. The molecular formula is C24H17NO5. The molecule has 148 valence electrons. The number of hydrogen-bond donors (Lipinski definition) is 1. The quantitative estimate of drug-likeness (QED) is 0.487. The van der Waals surface area contributed by atoms with Gasteiger partial charge in [-0.05, 0) is 29.8 Å². The molecule has 0 bridgehead atoms. The van der Waals surface area contributed by atoms with Crippen molar-refractivity contribution in [2.75, 3.05) is 0 Å². The minimum atomic E-state index is -0.760. The predicted molar refractivity (Wildman–Crippen MR) is 109 cm³/mol. The van der Waals surface area contributed by atoms with Crippen LogP contribution in [0, 0.1) is 0 Å². The molecule has 1 unspecified atom stereocenters. The van der Waals surface area contributed by atoms with Crippen molar-refractivity contribution in [3.05, 3.63) is 107 Å². The first-order valence-corrected chi connectivity index (χ1v) is 9.48. The van der Waals surface area contributed by atoms with Crippen LogP contribution in [-0.4, -0.2) is 21.7 Å². The summed E-state index contributed by atoms with van der Waals surface area (Å²) in [5.41, 5.74) is 1.27. The lowest BCUT2D eigenvalue weighted by atomic mass is 9.95. The number of hydrogen-bond acceptors (Lipinski definition) is 5. The molecule has 0 saturated carbocycles. The van der Waals surface area contributed by atoms with Crippen LogP contribution >= 0.6 is 0 Å². The van der Waals surface area contributed by atoms with Crippen LogP contribution in [-0.2, 0) is 11.3 Å². The second-order valence-corrected chi connectivity index (χ2v) is 7.07. The summed E-state index contributed by atoms with van der Waals surface area (Å²) in [7, 11) is 0. The highest BCUT2D eigenvalue weighted by Crippen LogP contribution is 2.40. The Morgan fingerprint density at radius 2 is 1.77 bits per heavy atom. The number of aliphatic hydroxyl groups excluding tert-OH is 1. The van der Waals surface area contributed by atoms with Crippen molar-refractivity contribution in [2.24, 2.45) is 0 Å². The molecule has 1 aliphatic rings. The topological polar surface area (TPSA) is 83.9 Å². The minimum Gasteiger partial charge on any atom is -0.503 e. The Labute approximate surface area is 171 Å². The Hall–Kier alpha value is -4.06. The molecule has 1 atom stereocenters. The average molecular weight is 399 g/mol. The van der Waals surface area contributed by atoms with Gasteiger partial charge in [-0.25, -0.2) is 0 Å². The van der Waals surface area contributed by atoms with Gasteiger partial charge in [0, 0.05) is 5.39 Å². The number of aliphatic hydroxyl groups is 1. The van der Waals surface area contributed by atoms with Gasteiger partial charge < -0.3 is 18.8 Å². The number of carbonyl (C=O) groups excluding carboxylic acids is 2. The summed E-state index contributed by atoms with van der Waals surface area (Å²) in [4.78, 5) is 27.7. The molecule has 0 radical (unpaired) electrons. The maximum Gasteiger partial charge on any atom is 0.290 e. The summed E-state index contributed by atoms with van der Waals surface area (Å²) in [5.74, 6) is -1.09. The van der Waals surface area contributed by atoms with E-state index in [4.69, 9.17) is 8.83 Å². The van der Waals surface area contributed by atoms with E-state index in [0.29, 0.717) is 16.9 Å². The van der Waals surface area contributed by atoms with Gasteiger partial charge in [-0.2, -0.15) is 0 Å². The van der Waals surface area contributed by atoms with E-state index in [9.17, 15) is 14.7 Å². The second-order valence-electron chi connectivity index (χ2n) is 7.07. The van der Waals surface area contributed by atoms with Crippen LogP contribution in [0.15, 0.2) is 99.2 Å². The maximum atomic E-state index is 13.4. The van der Waals surface area contributed by atoms with E-state index in [-0.39, 0.29) is 17.9 Å². The van der Waals surface area contributed by atoms with Crippen LogP contribution in [0.1, 0.15) is 27.9 Å². The first-order chi connectivity index (χ1) is 14.6. The standard InChI is InChI=1S/C24H17NO5/c26-22(19-13-16-9-4-5-11-18(16)30-19)20-21(15-7-2-1-3-8-15)25(24(28)23(20)27)14-17-10-6-12-29-17/h1-13,21,27H,14H2. The van der Waals surface area contributed by atoms with Gasteiger partial charge in [0.2, 0.25) is 5.78 Å². The summed E-state index contributed by atoms with van der Waals surface area (Å²) in [6.45, 7) is 0.117. The summed E-state index contributed by atoms with van der Waals surface area (Å²) in [6, 6.07) is 20.7. The molecule has 0 aliphatic carbocycles. The van der Waals surface area contributed by atoms with Gasteiger partial charge in [-0.3, -0.25) is 9.59 Å². The van der Waals surface area contributed by atoms with Gasteiger partial charge in [-0.1, -0.05) is 48.5 Å². The van der Waals surface area contributed by atoms with Crippen LogP contribution in [0.2, 0.25) is 0 Å². The maximum absolute atomic E-state index is 13.4. The molecule has 30 heavy (non-hydrogen) atoms. The van der Waals surface area contributed by atoms with Gasteiger partial charge >= 0.3 is 0 Å². The lowest BCUT2D eigenvalue weighted by Crippen LogP contribution is -2.30. The first-order valence-electron chi connectivity index (χ1n) is 9.48. The number of furan rings is 2. The molecule has 4 aromatic rings. The van der Waals surface area contributed by atoms with Gasteiger partial charge in [-0.15, -0.1) is 0 Å². The zero-order valence-electron chi connectivity index (χ0n) is 15.8.